The number of amides is 1. The Morgan fingerprint density at radius 1 is 0.970 bits per heavy atom. The first-order chi connectivity index (χ1) is 15.9. The molecule has 1 amide bonds. The maximum atomic E-state index is 14.0. The molecule has 170 valence electrons. The predicted octanol–water partition coefficient (Wildman–Crippen LogP) is 5.65. The predicted molar refractivity (Wildman–Crippen MR) is 120 cm³/mol. The zero-order valence-electron chi connectivity index (χ0n) is 17.8. The fourth-order valence-corrected chi connectivity index (χ4v) is 4.16. The number of carboxylic acids is 1. The smallest absolute Gasteiger partial charge is 0.307 e. The number of aliphatic carboxylic acids is 1. The molecular formula is C26H23F2NO4. The maximum Gasteiger partial charge on any atom is 0.307 e. The van der Waals surface area contributed by atoms with Gasteiger partial charge in [-0.25, -0.2) is 8.78 Å². The summed E-state index contributed by atoms with van der Waals surface area (Å²) in [6.07, 6.45) is 1.83. The van der Waals surface area contributed by atoms with Crippen LogP contribution < -0.4 is 10.1 Å². The minimum atomic E-state index is -0.928. The van der Waals surface area contributed by atoms with Crippen LogP contribution in [0.5, 0.6) is 5.75 Å². The first kappa shape index (κ1) is 22.5. The van der Waals surface area contributed by atoms with Crippen molar-refractivity contribution in [2.45, 2.75) is 25.9 Å². The molecule has 1 saturated carbocycles. The van der Waals surface area contributed by atoms with Crippen molar-refractivity contribution in [3.05, 3.63) is 83.9 Å². The minimum absolute atomic E-state index is 0.245. The van der Waals surface area contributed by atoms with E-state index in [4.69, 9.17) is 4.74 Å². The second-order valence-electron chi connectivity index (χ2n) is 8.11. The van der Waals surface area contributed by atoms with Crippen LogP contribution in [0.25, 0.3) is 11.1 Å². The summed E-state index contributed by atoms with van der Waals surface area (Å²) in [6.45, 7) is 0.245. The van der Waals surface area contributed by atoms with E-state index >= 15 is 0 Å². The van der Waals surface area contributed by atoms with E-state index in [0.717, 1.165) is 18.1 Å². The molecule has 0 radical (unpaired) electrons. The van der Waals surface area contributed by atoms with Crippen molar-refractivity contribution >= 4 is 17.6 Å². The van der Waals surface area contributed by atoms with Crippen molar-refractivity contribution in [2.75, 3.05) is 5.32 Å². The van der Waals surface area contributed by atoms with Crippen LogP contribution in [0, 0.1) is 23.5 Å². The molecule has 1 aliphatic carbocycles. The van der Waals surface area contributed by atoms with Gasteiger partial charge in [-0.2, -0.15) is 0 Å². The lowest BCUT2D eigenvalue weighted by atomic mass is 9.95. The lowest BCUT2D eigenvalue weighted by molar-refractivity contribution is -0.145. The fraction of sp³-hybridized carbons (Fsp3) is 0.231. The Morgan fingerprint density at radius 2 is 1.73 bits per heavy atom. The molecule has 0 aliphatic heterocycles. The van der Waals surface area contributed by atoms with Crippen molar-refractivity contribution in [1.29, 1.82) is 0 Å². The van der Waals surface area contributed by atoms with Gasteiger partial charge in [-0.3, -0.25) is 9.59 Å². The van der Waals surface area contributed by atoms with Crippen LogP contribution in [0.15, 0.2) is 66.7 Å². The van der Waals surface area contributed by atoms with Crippen LogP contribution >= 0.6 is 0 Å². The number of hydrogen-bond donors (Lipinski definition) is 2. The van der Waals surface area contributed by atoms with Gasteiger partial charge in [-0.15, -0.1) is 0 Å². The van der Waals surface area contributed by atoms with Crippen LogP contribution in [-0.4, -0.2) is 17.0 Å². The summed E-state index contributed by atoms with van der Waals surface area (Å²) in [4.78, 5) is 23.9. The quantitative estimate of drug-likeness (QED) is 0.487. The van der Waals surface area contributed by atoms with E-state index in [1.54, 1.807) is 42.5 Å². The molecule has 1 fully saturated rings. The van der Waals surface area contributed by atoms with Gasteiger partial charge in [0.25, 0.3) is 0 Å². The molecule has 0 saturated heterocycles. The molecule has 5 nitrogen and oxygen atoms in total. The Morgan fingerprint density at radius 3 is 2.45 bits per heavy atom. The van der Waals surface area contributed by atoms with E-state index in [1.165, 1.54) is 12.1 Å². The van der Waals surface area contributed by atoms with Crippen LogP contribution in [0.4, 0.5) is 14.5 Å². The monoisotopic (exact) mass is 451 g/mol. The second kappa shape index (κ2) is 9.81. The van der Waals surface area contributed by atoms with E-state index in [9.17, 15) is 23.5 Å². The summed E-state index contributed by atoms with van der Waals surface area (Å²) in [5.74, 6) is -3.04. The molecule has 3 aromatic rings. The molecule has 33 heavy (non-hydrogen) atoms. The molecule has 1 aliphatic rings. The summed E-state index contributed by atoms with van der Waals surface area (Å²) in [5.41, 5.74) is 2.32. The third-order valence-corrected chi connectivity index (χ3v) is 5.87. The molecule has 4 rings (SSSR count). The molecular weight excluding hydrogens is 428 g/mol. The lowest BCUT2D eigenvalue weighted by Crippen LogP contribution is -2.30. The van der Waals surface area contributed by atoms with Crippen LogP contribution in [-0.2, 0) is 16.2 Å². The summed E-state index contributed by atoms with van der Waals surface area (Å²) >= 11 is 0. The number of carbonyl (C=O) groups is 2. The van der Waals surface area contributed by atoms with Gasteiger partial charge < -0.3 is 15.2 Å². The van der Waals surface area contributed by atoms with E-state index in [2.05, 4.69) is 5.32 Å². The lowest BCUT2D eigenvalue weighted by Gasteiger charge is -2.16. The molecule has 1 unspecified atom stereocenters. The highest BCUT2D eigenvalue weighted by molar-refractivity contribution is 5.95. The zero-order chi connectivity index (χ0) is 23.4. The molecule has 2 N–H and O–H groups in total. The number of carboxylic acid groups (broad SMARTS) is 1. The fourth-order valence-electron chi connectivity index (χ4n) is 4.16. The van der Waals surface area contributed by atoms with E-state index in [0.29, 0.717) is 35.4 Å². The SMILES string of the molecule is O=C(Nc1cccc(COc2ccc(-c3ccc(F)cc3F)cc2)c1)C1CCC[C@H]1C(=O)O. The third kappa shape index (κ3) is 5.37. The standard InChI is InChI=1S/C26H23F2NO4/c27-18-9-12-21(24(28)14-18)17-7-10-20(11-8-17)33-15-16-3-1-4-19(13-16)29-25(30)22-5-2-6-23(22)26(31)32/h1,3-4,7-14,22-23H,2,5-6,15H2,(H,29,30)(H,31,32)/t22?,23-/m1/s1. The van der Waals surface area contributed by atoms with Gasteiger partial charge in [0.1, 0.15) is 24.0 Å². The van der Waals surface area contributed by atoms with E-state index in [1.807, 2.05) is 6.07 Å². The van der Waals surface area contributed by atoms with Crippen molar-refractivity contribution in [3.8, 4) is 16.9 Å². The number of carbonyl (C=O) groups excluding carboxylic acids is 1. The van der Waals surface area contributed by atoms with Gasteiger partial charge in [0.2, 0.25) is 5.91 Å². The van der Waals surface area contributed by atoms with E-state index in [-0.39, 0.29) is 12.5 Å². The first-order valence-corrected chi connectivity index (χ1v) is 10.7. The van der Waals surface area contributed by atoms with Crippen molar-refractivity contribution in [2.24, 2.45) is 11.8 Å². The van der Waals surface area contributed by atoms with Crippen LogP contribution in [0.3, 0.4) is 0 Å². The van der Waals surface area contributed by atoms with Gasteiger partial charge in [0.05, 0.1) is 11.8 Å². The number of halogens is 2. The van der Waals surface area contributed by atoms with Gasteiger partial charge in [-0.1, -0.05) is 30.7 Å². The molecule has 0 aromatic heterocycles. The first-order valence-electron chi connectivity index (χ1n) is 10.7. The average molecular weight is 451 g/mol. The summed E-state index contributed by atoms with van der Waals surface area (Å²) in [7, 11) is 0. The summed E-state index contributed by atoms with van der Waals surface area (Å²) in [5, 5.41) is 12.1. The third-order valence-electron chi connectivity index (χ3n) is 5.87. The average Bonchev–Trinajstić information content (AvgIpc) is 3.29. The maximum absolute atomic E-state index is 14.0. The largest absolute Gasteiger partial charge is 0.489 e. The Kier molecular flexibility index (Phi) is 6.68. The molecule has 0 spiro atoms. The Balaban J connectivity index is 1.37. The highest BCUT2D eigenvalue weighted by Crippen LogP contribution is 2.33. The topological polar surface area (TPSA) is 75.6 Å². The van der Waals surface area contributed by atoms with Crippen molar-refractivity contribution < 1.29 is 28.2 Å². The highest BCUT2D eigenvalue weighted by atomic mass is 19.1. The van der Waals surface area contributed by atoms with E-state index < -0.39 is 29.4 Å². The van der Waals surface area contributed by atoms with Crippen molar-refractivity contribution in [3.63, 3.8) is 0 Å². The van der Waals surface area contributed by atoms with Crippen LogP contribution in [0.1, 0.15) is 24.8 Å². The normalized spacial score (nSPS) is 17.5. The van der Waals surface area contributed by atoms with Crippen molar-refractivity contribution in [1.82, 2.24) is 0 Å². The Labute approximate surface area is 190 Å². The van der Waals surface area contributed by atoms with Crippen LogP contribution in [0.2, 0.25) is 0 Å². The number of nitrogens with one attached hydrogen (secondary N) is 1. The molecule has 7 heteroatoms. The molecule has 3 aromatic carbocycles. The molecule has 0 bridgehead atoms. The number of benzene rings is 3. The Hall–Kier alpha value is -3.74. The summed E-state index contributed by atoms with van der Waals surface area (Å²) < 4.78 is 32.9. The highest BCUT2D eigenvalue weighted by Gasteiger charge is 2.37. The second-order valence-corrected chi connectivity index (χ2v) is 8.11. The number of hydrogen-bond acceptors (Lipinski definition) is 3. The van der Waals surface area contributed by atoms with Gasteiger partial charge in [-0.05, 0) is 60.4 Å². The van der Waals surface area contributed by atoms with Gasteiger partial charge in [0, 0.05) is 17.3 Å². The molecule has 2 atom stereocenters. The number of anilines is 1. The van der Waals surface area contributed by atoms with Gasteiger partial charge >= 0.3 is 5.97 Å². The number of ether oxygens (including phenoxy) is 1. The number of rotatable bonds is 7. The minimum Gasteiger partial charge on any atom is -0.489 e. The summed E-state index contributed by atoms with van der Waals surface area (Å²) in [6, 6.07) is 17.4. The molecule has 0 heterocycles. The zero-order valence-corrected chi connectivity index (χ0v) is 17.8. The Bertz CT molecular complexity index is 1160. The van der Waals surface area contributed by atoms with Gasteiger partial charge in [0.15, 0.2) is 0 Å².